The molecule has 0 spiro atoms. The highest BCUT2D eigenvalue weighted by atomic mass is 19.4. The van der Waals surface area contributed by atoms with Crippen molar-refractivity contribution in [3.05, 3.63) is 164 Å². The maximum Gasteiger partial charge on any atom is 0.417 e. The van der Waals surface area contributed by atoms with Gasteiger partial charge in [-0.15, -0.1) is 0 Å². The molecule has 4 saturated heterocycles. The van der Waals surface area contributed by atoms with Gasteiger partial charge in [-0.05, 0) is 137 Å². The monoisotopic (exact) mass is 1450 g/mol. The number of unbranched alkanes of at least 4 members (excludes halogenated alkanes) is 4. The minimum Gasteiger partial charge on any atom is -0.481 e. The highest BCUT2D eigenvalue weighted by Crippen LogP contribution is 2.38. The fourth-order valence-corrected chi connectivity index (χ4v) is 12.5. The Kier molecular flexibility index (Phi) is 29.5. The van der Waals surface area contributed by atoms with E-state index in [0.717, 1.165) is 156 Å². The zero-order chi connectivity index (χ0) is 75.1. The normalized spacial score (nSPS) is 15.8. The van der Waals surface area contributed by atoms with Crippen molar-refractivity contribution in [2.24, 2.45) is 5.73 Å². The van der Waals surface area contributed by atoms with Gasteiger partial charge >= 0.3 is 24.4 Å². The molecule has 0 unspecified atom stereocenters. The summed E-state index contributed by atoms with van der Waals surface area (Å²) in [5.74, 6) is -2.48. The van der Waals surface area contributed by atoms with Crippen LogP contribution in [0.15, 0.2) is 119 Å². The van der Waals surface area contributed by atoms with Gasteiger partial charge in [0.1, 0.15) is 5.60 Å². The van der Waals surface area contributed by atoms with Gasteiger partial charge in [-0.2, -0.15) is 26.3 Å². The van der Waals surface area contributed by atoms with Gasteiger partial charge in [-0.25, -0.2) is 4.79 Å². The summed E-state index contributed by atoms with van der Waals surface area (Å²) < 4.78 is 87.4. The number of alkyl halides is 6. The molecule has 4 amide bonds. The maximum atomic E-state index is 13.8. The molecule has 104 heavy (non-hydrogen) atoms. The zero-order valence-electron chi connectivity index (χ0n) is 59.9. The highest BCUT2D eigenvalue weighted by Gasteiger charge is 2.38. The summed E-state index contributed by atoms with van der Waals surface area (Å²) >= 11 is 0. The van der Waals surface area contributed by atoms with Gasteiger partial charge < -0.3 is 71.3 Å². The van der Waals surface area contributed by atoms with Crippen molar-refractivity contribution >= 4 is 52.5 Å². The first-order valence-electron chi connectivity index (χ1n) is 35.4. The van der Waals surface area contributed by atoms with Crippen molar-refractivity contribution in [3.8, 4) is 22.3 Å². The Hall–Kier alpha value is -9.13. The number of carbonyl (C=O) groups is 5. The molecule has 0 radical (unpaired) electrons. The van der Waals surface area contributed by atoms with Gasteiger partial charge in [0.15, 0.2) is 0 Å². The Morgan fingerprint density at radius 1 is 0.529 bits per heavy atom. The molecule has 0 aliphatic carbocycles. The molecule has 29 heteroatoms. The van der Waals surface area contributed by atoms with Crippen LogP contribution in [0.2, 0.25) is 0 Å². The van der Waals surface area contributed by atoms with Crippen molar-refractivity contribution < 1.29 is 60.2 Å². The minimum absolute atomic E-state index is 0.187. The van der Waals surface area contributed by atoms with E-state index in [4.69, 9.17) is 15.6 Å². The summed E-state index contributed by atoms with van der Waals surface area (Å²) in [5, 5.41) is 19.8. The lowest BCUT2D eigenvalue weighted by Crippen LogP contribution is -2.48. The summed E-state index contributed by atoms with van der Waals surface area (Å²) in [6, 6.07) is 28.4. The number of aliphatic carboxylic acids is 1. The number of carbonyl (C=O) groups excluding carboxylic acids is 4. The van der Waals surface area contributed by atoms with E-state index in [2.05, 4.69) is 84.9 Å². The average molecular weight is 1450 g/mol. The predicted molar refractivity (Wildman–Crippen MR) is 391 cm³/mol. The van der Waals surface area contributed by atoms with Crippen LogP contribution in [0.1, 0.15) is 115 Å². The van der Waals surface area contributed by atoms with Crippen LogP contribution in [0.5, 0.6) is 0 Å². The van der Waals surface area contributed by atoms with E-state index in [9.17, 15) is 59.9 Å². The number of aromatic amines is 2. The Morgan fingerprint density at radius 2 is 0.971 bits per heavy atom. The fourth-order valence-electron chi connectivity index (χ4n) is 12.5. The number of alkyl carbamates (subject to hydrolysis) is 1. The van der Waals surface area contributed by atoms with Gasteiger partial charge in [-0.3, -0.25) is 38.6 Å². The lowest BCUT2D eigenvalue weighted by molar-refractivity contribution is -0.138. The number of halogens is 6. The van der Waals surface area contributed by atoms with Crippen LogP contribution in [-0.4, -0.2) is 207 Å². The first-order valence-corrected chi connectivity index (χ1v) is 35.4. The molecule has 0 saturated carbocycles. The molecule has 4 aliphatic rings. The number of hydrogen-bond donors (Lipinski definition) is 8. The number of H-pyrrole nitrogens is 2. The third-order valence-corrected chi connectivity index (χ3v) is 18.2. The molecule has 6 aromatic rings. The zero-order valence-corrected chi connectivity index (χ0v) is 59.9. The quantitative estimate of drug-likeness (QED) is 0.0219. The number of hydrogen-bond acceptors (Lipinski definition) is 16. The number of carboxylic acid groups (broad SMARTS) is 1. The Balaban J connectivity index is 0.000000220. The van der Waals surface area contributed by atoms with E-state index in [-0.39, 0.29) is 12.3 Å². The molecule has 4 aliphatic heterocycles. The number of likely N-dealkylation sites (N-methyl/N-ethyl adjacent to an activating group) is 2. The number of ether oxygens (including phenoxy) is 1. The molecule has 564 valence electrons. The minimum atomic E-state index is -4.88. The van der Waals surface area contributed by atoms with E-state index in [1.807, 2.05) is 73.6 Å². The fraction of sp³-hybridized carbons (Fsp3) is 0.480. The van der Waals surface area contributed by atoms with Gasteiger partial charge in [0.25, 0.3) is 11.8 Å². The maximum absolute atomic E-state index is 13.8. The van der Waals surface area contributed by atoms with Crippen molar-refractivity contribution in [1.82, 2.24) is 45.1 Å². The van der Waals surface area contributed by atoms with Crippen LogP contribution >= 0.6 is 0 Å². The molecular weight excluding hydrogens is 1350 g/mol. The Bertz CT molecular complexity index is 3960. The van der Waals surface area contributed by atoms with E-state index in [1.54, 1.807) is 26.8 Å². The number of aromatic nitrogens is 2. The largest absolute Gasteiger partial charge is 0.481 e. The first kappa shape index (κ1) is 80.6. The number of nitrogens with two attached hydrogens (primary N) is 1. The number of nitrogens with zero attached hydrogens (tertiary/aromatic N) is 7. The number of anilines is 4. The number of benzene rings is 4. The SMILES string of the molecule is CC(C)(C)OC(=O)NCCCCCC(=O)O.CN1CCN(c2ccc(-c3cccc(CN4CCN(C(=O)CCCCCN)CC4)c3)cc2NC(=O)c2c[nH]c(=O)cc2C(F)(F)F)CC1.CN1CCN(c2ccc(-c3cccc(CN4CCNCC4)c3)cc2NC(=O)c2c[nH]c(=O)cc2C(F)(F)F)CC1. The average Bonchev–Trinajstić information content (AvgIpc) is 0.760. The topological polar surface area (TPSA) is 277 Å². The number of amides is 4. The van der Waals surface area contributed by atoms with E-state index < -0.39 is 75.2 Å². The van der Waals surface area contributed by atoms with Crippen LogP contribution < -0.4 is 47.9 Å². The summed E-state index contributed by atoms with van der Waals surface area (Å²) in [5.41, 5.74) is 7.34. The number of nitrogens with one attached hydrogen (secondary N) is 6. The molecule has 4 aromatic carbocycles. The molecule has 23 nitrogen and oxygen atoms in total. The van der Waals surface area contributed by atoms with Crippen LogP contribution in [0.4, 0.5) is 53.9 Å². The smallest absolute Gasteiger partial charge is 0.417 e. The van der Waals surface area contributed by atoms with Crippen molar-refractivity contribution in [2.45, 2.75) is 103 Å². The molecule has 9 N–H and O–H groups in total. The van der Waals surface area contributed by atoms with Gasteiger partial charge in [0.05, 0.1) is 45.0 Å². The summed E-state index contributed by atoms with van der Waals surface area (Å²) in [4.78, 5) is 104. The molecule has 10 rings (SSSR count). The molecule has 2 aromatic heterocycles. The number of pyridine rings is 2. The van der Waals surface area contributed by atoms with Crippen LogP contribution in [0.25, 0.3) is 22.3 Å². The molecule has 0 bridgehead atoms. The molecule has 4 fully saturated rings. The van der Waals surface area contributed by atoms with E-state index >= 15 is 0 Å². The number of piperazine rings is 4. The second-order valence-electron chi connectivity index (χ2n) is 27.5. The molecular formula is C75H98F6N14O9. The standard InChI is InChI=1S/C35H44F3N7O3.C29H33F3N6O2.C11H21NO4/c1-42-12-16-44(17-13-42)31-10-9-27(21-30(31)41-34(48)28-23-40-32(46)22-29(28)35(36,37)38)26-7-5-6-25(20-26)24-43-14-18-45(19-15-43)33(47)8-3-2-4-11-39;1-36-11-13-38(14-12-36)26-6-5-22(21-4-2-3-20(15-21)19-37-9-7-33-8-10-37)16-25(26)35-28(40)23-18-34-27(39)17-24(23)29(30,31)32;1-11(2,3)16-10(15)12-8-6-4-5-7-9(13)14/h5-7,9-10,20-23H,2-4,8,11-19,24,39H2,1H3,(H,40,46)(H,41,48);2-6,15-18,33H,7-14,19H2,1H3,(H,34,39)(H,35,40);4-8H2,1-3H3,(H,12,15)(H,13,14). The van der Waals surface area contributed by atoms with Crippen LogP contribution in [0.3, 0.4) is 0 Å². The molecule has 0 atom stereocenters. The van der Waals surface area contributed by atoms with E-state index in [0.29, 0.717) is 101 Å². The third-order valence-electron chi connectivity index (χ3n) is 18.2. The van der Waals surface area contributed by atoms with Crippen molar-refractivity contribution in [3.63, 3.8) is 0 Å². The van der Waals surface area contributed by atoms with Crippen LogP contribution in [-0.2, 0) is 39.8 Å². The van der Waals surface area contributed by atoms with E-state index in [1.165, 1.54) is 0 Å². The van der Waals surface area contributed by atoms with Gasteiger partial charge in [0, 0.05) is 162 Å². The van der Waals surface area contributed by atoms with Gasteiger partial charge in [-0.1, -0.05) is 61.4 Å². The number of carboxylic acids is 1. The second-order valence-corrected chi connectivity index (χ2v) is 27.5. The third kappa shape index (κ3) is 25.1. The number of rotatable bonds is 23. The second kappa shape index (κ2) is 38.0. The van der Waals surface area contributed by atoms with Crippen LogP contribution in [0, 0.1) is 0 Å². The van der Waals surface area contributed by atoms with Gasteiger partial charge in [0.2, 0.25) is 17.0 Å². The Morgan fingerprint density at radius 3 is 1.41 bits per heavy atom. The van der Waals surface area contributed by atoms with Crippen molar-refractivity contribution in [1.29, 1.82) is 0 Å². The highest BCUT2D eigenvalue weighted by molar-refractivity contribution is 6.08. The lowest BCUT2D eigenvalue weighted by atomic mass is 10.0. The van der Waals surface area contributed by atoms with Crippen molar-refractivity contribution in [2.75, 3.05) is 152 Å². The Labute approximate surface area is 602 Å². The summed E-state index contributed by atoms with van der Waals surface area (Å²) in [6.45, 7) is 21.0. The summed E-state index contributed by atoms with van der Waals surface area (Å²) in [6.07, 6.45) is -2.79. The predicted octanol–water partition coefficient (Wildman–Crippen LogP) is 9.85. The molecule has 6 heterocycles. The lowest BCUT2D eigenvalue weighted by Gasteiger charge is -2.35. The summed E-state index contributed by atoms with van der Waals surface area (Å²) in [7, 11) is 4.06. The first-order chi connectivity index (χ1) is 49.5.